The number of likely N-dealkylation sites (N-methyl/N-ethyl adjacent to an activating group) is 1. The molecule has 1 aliphatic heterocycles. The summed E-state index contributed by atoms with van der Waals surface area (Å²) in [6, 6.07) is 1.49. The molecule has 2 fully saturated rings. The van der Waals surface area contributed by atoms with Crippen molar-refractivity contribution in [2.24, 2.45) is 5.41 Å². The summed E-state index contributed by atoms with van der Waals surface area (Å²) in [4.78, 5) is 28.9. The van der Waals surface area contributed by atoms with Crippen molar-refractivity contribution < 1.29 is 18.3 Å². The third-order valence-corrected chi connectivity index (χ3v) is 7.91. The Balaban J connectivity index is 1.28. The molecule has 4 heterocycles. The van der Waals surface area contributed by atoms with E-state index in [1.165, 1.54) is 0 Å². The Morgan fingerprint density at radius 2 is 2.12 bits per heavy atom. The molecule has 0 spiro atoms. The standard InChI is InChI=1S/C23H27F2N7O2/c1-12(32-4-6-34-7-5-32)21(33)31(3)13-8-15-19(26-11-13)28-20(27-15)18-17-14-9-22(2,23(14,24)25)10-16(17)29-30-18/h8,11-12,14H,4-7,9-10H2,1-3H3,(H,29,30)(H,26,27,28)/t12-,14?,22-/m0/s1. The zero-order valence-electron chi connectivity index (χ0n) is 19.4. The van der Waals surface area contributed by atoms with Gasteiger partial charge in [-0.05, 0) is 19.4 Å². The summed E-state index contributed by atoms with van der Waals surface area (Å²) >= 11 is 0. The molecule has 11 heteroatoms. The largest absolute Gasteiger partial charge is 0.379 e. The van der Waals surface area contributed by atoms with Crippen molar-refractivity contribution >= 4 is 22.8 Å². The Labute approximate surface area is 194 Å². The van der Waals surface area contributed by atoms with Crippen LogP contribution in [0, 0.1) is 5.41 Å². The molecular weight excluding hydrogens is 444 g/mol. The summed E-state index contributed by atoms with van der Waals surface area (Å²) in [6.07, 6.45) is 2.33. The lowest BCUT2D eigenvalue weighted by molar-refractivity contribution is -0.220. The van der Waals surface area contributed by atoms with Gasteiger partial charge in [-0.15, -0.1) is 0 Å². The zero-order chi connectivity index (χ0) is 23.8. The number of nitrogens with zero attached hydrogens (tertiary/aromatic N) is 5. The predicted octanol–water partition coefficient (Wildman–Crippen LogP) is 2.72. The number of imidazole rings is 1. The maximum absolute atomic E-state index is 14.8. The second-order valence-electron chi connectivity index (χ2n) is 9.95. The molecular formula is C23H27F2N7O2. The fourth-order valence-electron chi connectivity index (χ4n) is 5.65. The van der Waals surface area contributed by atoms with Gasteiger partial charge in [-0.1, -0.05) is 6.92 Å². The Hall–Kier alpha value is -2.92. The number of rotatable bonds is 4. The highest BCUT2D eigenvalue weighted by molar-refractivity contribution is 5.97. The van der Waals surface area contributed by atoms with Gasteiger partial charge in [0.25, 0.3) is 5.92 Å². The van der Waals surface area contributed by atoms with E-state index in [1.54, 1.807) is 31.1 Å². The first-order chi connectivity index (χ1) is 16.2. The molecule has 3 aromatic heterocycles. The van der Waals surface area contributed by atoms with Crippen LogP contribution in [0.15, 0.2) is 12.3 Å². The molecule has 2 N–H and O–H groups in total. The number of amides is 1. The van der Waals surface area contributed by atoms with E-state index in [1.807, 2.05) is 6.92 Å². The number of H-pyrrole nitrogens is 2. The lowest BCUT2D eigenvalue weighted by Crippen LogP contribution is -2.59. The van der Waals surface area contributed by atoms with Gasteiger partial charge in [-0.2, -0.15) is 5.10 Å². The van der Waals surface area contributed by atoms with Crippen molar-refractivity contribution in [1.82, 2.24) is 30.0 Å². The van der Waals surface area contributed by atoms with Crippen molar-refractivity contribution in [3.8, 4) is 11.5 Å². The minimum Gasteiger partial charge on any atom is -0.379 e. The van der Waals surface area contributed by atoms with Crippen LogP contribution in [0.5, 0.6) is 0 Å². The van der Waals surface area contributed by atoms with E-state index < -0.39 is 17.3 Å². The molecule has 9 nitrogen and oxygen atoms in total. The summed E-state index contributed by atoms with van der Waals surface area (Å²) in [5, 5.41) is 7.29. The minimum absolute atomic E-state index is 0.0459. The fraction of sp³-hybridized carbons (Fsp3) is 0.565. The van der Waals surface area contributed by atoms with Crippen LogP contribution < -0.4 is 4.90 Å². The lowest BCUT2D eigenvalue weighted by atomic mass is 9.51. The fourth-order valence-corrected chi connectivity index (χ4v) is 5.65. The number of morpholine rings is 1. The molecule has 34 heavy (non-hydrogen) atoms. The Morgan fingerprint density at radius 3 is 2.85 bits per heavy atom. The molecule has 1 unspecified atom stereocenters. The first kappa shape index (κ1) is 21.6. The van der Waals surface area contributed by atoms with E-state index in [0.717, 1.165) is 5.69 Å². The van der Waals surface area contributed by atoms with Crippen molar-refractivity contribution in [3.63, 3.8) is 0 Å². The molecule has 4 aliphatic rings. The summed E-state index contributed by atoms with van der Waals surface area (Å²) < 4.78 is 34.9. The molecule has 3 aromatic rings. The van der Waals surface area contributed by atoms with Gasteiger partial charge in [0, 0.05) is 43.2 Å². The number of alkyl halides is 2. The molecule has 0 radical (unpaired) electrons. The van der Waals surface area contributed by atoms with Crippen molar-refractivity contribution in [1.29, 1.82) is 0 Å². The Bertz CT molecular complexity index is 1280. The molecule has 2 bridgehead atoms. The Morgan fingerprint density at radius 1 is 1.35 bits per heavy atom. The Kier molecular flexibility index (Phi) is 4.63. The number of carbonyl (C=O) groups is 1. The second-order valence-corrected chi connectivity index (χ2v) is 9.95. The van der Waals surface area contributed by atoms with E-state index >= 15 is 0 Å². The average Bonchev–Trinajstić information content (AvgIpc) is 3.46. The van der Waals surface area contributed by atoms with E-state index in [2.05, 4.69) is 30.0 Å². The van der Waals surface area contributed by atoms with Gasteiger partial charge in [-0.3, -0.25) is 14.8 Å². The van der Waals surface area contributed by atoms with Gasteiger partial charge in [0.1, 0.15) is 11.2 Å². The SMILES string of the molecule is C[C@@H](C(=O)N(C)c1cnc2[nH]c(-c3n[nH]c4c3C3C[C@@](C)(C4)C3(F)F)nc2c1)N1CCOCC1. The van der Waals surface area contributed by atoms with Gasteiger partial charge in [0.15, 0.2) is 11.5 Å². The number of aromatic amines is 2. The lowest BCUT2D eigenvalue weighted by Gasteiger charge is -2.56. The number of nitrogens with one attached hydrogen (secondary N) is 2. The normalized spacial score (nSPS) is 26.7. The first-order valence-electron chi connectivity index (χ1n) is 11.6. The summed E-state index contributed by atoms with van der Waals surface area (Å²) in [6.45, 7) is 6.20. The summed E-state index contributed by atoms with van der Waals surface area (Å²) in [5.41, 5.74) is 2.40. The molecule has 3 aliphatic carbocycles. The van der Waals surface area contributed by atoms with Crippen LogP contribution in [0.2, 0.25) is 0 Å². The van der Waals surface area contributed by atoms with Crippen LogP contribution in [0.25, 0.3) is 22.7 Å². The maximum atomic E-state index is 14.8. The number of hydrogen-bond acceptors (Lipinski definition) is 6. The number of anilines is 1. The third kappa shape index (κ3) is 2.96. The van der Waals surface area contributed by atoms with Crippen LogP contribution in [-0.4, -0.2) is 81.3 Å². The molecule has 0 aromatic carbocycles. The van der Waals surface area contributed by atoms with Gasteiger partial charge in [0.2, 0.25) is 5.91 Å². The van der Waals surface area contributed by atoms with E-state index in [4.69, 9.17) is 4.74 Å². The molecule has 180 valence electrons. The van der Waals surface area contributed by atoms with Crippen LogP contribution >= 0.6 is 0 Å². The highest BCUT2D eigenvalue weighted by Gasteiger charge is 2.70. The zero-order valence-corrected chi connectivity index (χ0v) is 19.4. The monoisotopic (exact) mass is 471 g/mol. The minimum atomic E-state index is -2.75. The smallest absolute Gasteiger partial charge is 0.260 e. The molecule has 1 saturated heterocycles. The molecule has 7 rings (SSSR count). The summed E-state index contributed by atoms with van der Waals surface area (Å²) in [5.74, 6) is -3.25. The number of halogens is 2. The molecule has 1 saturated carbocycles. The van der Waals surface area contributed by atoms with Gasteiger partial charge in [0.05, 0.1) is 37.1 Å². The van der Waals surface area contributed by atoms with Crippen molar-refractivity contribution in [2.75, 3.05) is 38.3 Å². The maximum Gasteiger partial charge on any atom is 0.260 e. The average molecular weight is 472 g/mol. The molecule has 1 amide bonds. The van der Waals surface area contributed by atoms with Crippen LogP contribution in [-0.2, 0) is 16.0 Å². The van der Waals surface area contributed by atoms with E-state index in [-0.39, 0.29) is 18.4 Å². The van der Waals surface area contributed by atoms with E-state index in [0.29, 0.717) is 66.7 Å². The number of aromatic nitrogens is 5. The van der Waals surface area contributed by atoms with Crippen molar-refractivity contribution in [3.05, 3.63) is 23.5 Å². The topological polar surface area (TPSA) is 103 Å². The van der Waals surface area contributed by atoms with Crippen LogP contribution in [0.3, 0.4) is 0 Å². The number of fused-ring (bicyclic) bond motifs is 1. The number of hydrogen-bond donors (Lipinski definition) is 2. The third-order valence-electron chi connectivity index (χ3n) is 7.91. The summed E-state index contributed by atoms with van der Waals surface area (Å²) in [7, 11) is 1.72. The molecule has 3 atom stereocenters. The van der Waals surface area contributed by atoms with Gasteiger partial charge in [-0.25, -0.2) is 18.7 Å². The van der Waals surface area contributed by atoms with Gasteiger partial charge < -0.3 is 14.6 Å². The van der Waals surface area contributed by atoms with Crippen LogP contribution in [0.1, 0.15) is 37.4 Å². The highest BCUT2D eigenvalue weighted by atomic mass is 19.3. The highest BCUT2D eigenvalue weighted by Crippen LogP contribution is 2.68. The first-order valence-corrected chi connectivity index (χ1v) is 11.6. The second kappa shape index (κ2) is 7.29. The predicted molar refractivity (Wildman–Crippen MR) is 121 cm³/mol. The van der Waals surface area contributed by atoms with Crippen LogP contribution in [0.4, 0.5) is 14.5 Å². The van der Waals surface area contributed by atoms with E-state index in [9.17, 15) is 13.6 Å². The van der Waals surface area contributed by atoms with Gasteiger partial charge >= 0.3 is 0 Å². The number of carbonyl (C=O) groups excluding carboxylic acids is 1. The number of pyridine rings is 1. The number of ether oxygens (including phenoxy) is 1. The quantitative estimate of drug-likeness (QED) is 0.607. The van der Waals surface area contributed by atoms with Crippen molar-refractivity contribution in [2.45, 2.75) is 44.6 Å².